The zero-order valence-electron chi connectivity index (χ0n) is 23.4. The van der Waals surface area contributed by atoms with Gasteiger partial charge in [-0.2, -0.15) is 30.7 Å². The SMILES string of the molecule is O=C(Cn1cc(N([O-])C(=O)c2cnn3cccnc23)c(-c2cc(Cl)ccc2OC(F)F)n1)N1CCC(N2CCSCC2)CC1. The lowest BCUT2D eigenvalue weighted by Gasteiger charge is -2.40. The van der Waals surface area contributed by atoms with Gasteiger partial charge in [-0.3, -0.25) is 19.2 Å². The van der Waals surface area contributed by atoms with Gasteiger partial charge in [-0.15, -0.1) is 0 Å². The summed E-state index contributed by atoms with van der Waals surface area (Å²) < 4.78 is 33.8. The Morgan fingerprint density at radius 3 is 2.70 bits per heavy atom. The molecule has 0 saturated carbocycles. The van der Waals surface area contributed by atoms with Crippen LogP contribution in [0.2, 0.25) is 5.02 Å². The number of fused-ring (bicyclic) bond motifs is 1. The van der Waals surface area contributed by atoms with Gasteiger partial charge in [-0.25, -0.2) is 9.50 Å². The minimum atomic E-state index is -3.18. The van der Waals surface area contributed by atoms with E-state index in [1.165, 1.54) is 46.0 Å². The third-order valence-electron chi connectivity index (χ3n) is 7.74. The molecule has 1 aromatic carbocycles. The Labute approximate surface area is 260 Å². The lowest BCUT2D eigenvalue weighted by atomic mass is 10.0. The van der Waals surface area contributed by atoms with Gasteiger partial charge >= 0.3 is 6.61 Å². The van der Waals surface area contributed by atoms with Gasteiger partial charge in [0.25, 0.3) is 5.91 Å². The van der Waals surface area contributed by atoms with Crippen molar-refractivity contribution in [3.05, 3.63) is 64.8 Å². The van der Waals surface area contributed by atoms with E-state index in [-0.39, 0.29) is 56.4 Å². The molecule has 0 N–H and O–H groups in total. The van der Waals surface area contributed by atoms with Crippen LogP contribution in [0, 0.1) is 5.21 Å². The number of piperidine rings is 1. The first-order valence-electron chi connectivity index (χ1n) is 14.0. The van der Waals surface area contributed by atoms with Crippen LogP contribution >= 0.6 is 23.4 Å². The van der Waals surface area contributed by atoms with Crippen LogP contribution in [0.3, 0.4) is 0 Å². The Bertz CT molecular complexity index is 1660. The summed E-state index contributed by atoms with van der Waals surface area (Å²) >= 11 is 8.14. The average molecular weight is 646 g/mol. The van der Waals surface area contributed by atoms with Crippen LogP contribution in [0.25, 0.3) is 16.9 Å². The van der Waals surface area contributed by atoms with E-state index in [1.54, 1.807) is 17.2 Å². The monoisotopic (exact) mass is 645 g/mol. The zero-order chi connectivity index (χ0) is 30.8. The molecule has 3 aromatic heterocycles. The molecule has 0 atom stereocenters. The van der Waals surface area contributed by atoms with Gasteiger partial charge in [-0.05, 0) is 37.1 Å². The fourth-order valence-corrected chi connectivity index (χ4v) is 6.68. The fourth-order valence-electron chi connectivity index (χ4n) is 5.58. The van der Waals surface area contributed by atoms with Crippen LogP contribution in [0.15, 0.2) is 49.1 Å². The second-order valence-electron chi connectivity index (χ2n) is 10.4. The Morgan fingerprint density at radius 2 is 1.95 bits per heavy atom. The van der Waals surface area contributed by atoms with E-state index < -0.39 is 12.5 Å². The molecule has 0 aliphatic carbocycles. The molecule has 2 aliphatic rings. The highest BCUT2D eigenvalue weighted by Crippen LogP contribution is 2.39. The molecule has 2 fully saturated rings. The number of thioether (sulfide) groups is 1. The van der Waals surface area contributed by atoms with E-state index in [4.69, 9.17) is 11.6 Å². The first-order valence-corrected chi connectivity index (χ1v) is 15.5. The van der Waals surface area contributed by atoms with Crippen molar-refractivity contribution in [3.63, 3.8) is 0 Å². The minimum absolute atomic E-state index is 0.0499. The molecule has 16 heteroatoms. The molecule has 12 nitrogen and oxygen atoms in total. The molecule has 0 unspecified atom stereocenters. The normalized spacial score (nSPS) is 16.5. The third-order valence-corrected chi connectivity index (χ3v) is 8.92. The van der Waals surface area contributed by atoms with Crippen LogP contribution in [0.1, 0.15) is 23.2 Å². The number of ether oxygens (including phenoxy) is 1. The predicted molar refractivity (Wildman–Crippen MR) is 161 cm³/mol. The molecule has 0 radical (unpaired) electrons. The standard InChI is InChI=1S/C28H28ClF2N8O4S/c29-18-2-3-23(43-28(30)31)20(14-18)25-22(39(42)27(41)21-15-33-38-7-1-6-32-26(21)38)16-37(34-25)17-24(40)36-8-4-19(5-9-36)35-10-12-44-13-11-35/h1-3,6-7,14-16,19,28H,4-5,8-13,17H2/q-1. The number of amides is 2. The van der Waals surface area contributed by atoms with E-state index in [2.05, 4.69) is 24.8 Å². The number of nitrogens with zero attached hydrogens (tertiary/aromatic N) is 8. The number of alkyl halides is 2. The molecule has 4 aromatic rings. The summed E-state index contributed by atoms with van der Waals surface area (Å²) in [7, 11) is 0. The van der Waals surface area contributed by atoms with E-state index in [0.29, 0.717) is 19.1 Å². The summed E-state index contributed by atoms with van der Waals surface area (Å²) in [6.07, 6.45) is 7.19. The average Bonchev–Trinajstić information content (AvgIpc) is 3.66. The van der Waals surface area contributed by atoms with Crippen molar-refractivity contribution >= 4 is 46.5 Å². The molecule has 2 amide bonds. The quantitative estimate of drug-likeness (QED) is 0.261. The highest BCUT2D eigenvalue weighted by atomic mass is 35.5. The van der Waals surface area contributed by atoms with Crippen molar-refractivity contribution in [1.82, 2.24) is 34.2 Å². The number of hydroxylamine groups is 1. The summed E-state index contributed by atoms with van der Waals surface area (Å²) in [6, 6.07) is 5.92. The van der Waals surface area contributed by atoms with Crippen molar-refractivity contribution in [2.24, 2.45) is 0 Å². The molecule has 0 spiro atoms. The van der Waals surface area contributed by atoms with Gasteiger partial charge in [-0.1, -0.05) is 11.6 Å². The van der Waals surface area contributed by atoms with Gasteiger partial charge < -0.3 is 19.9 Å². The summed E-state index contributed by atoms with van der Waals surface area (Å²) in [5.74, 6) is 0.699. The number of likely N-dealkylation sites (tertiary alicyclic amines) is 1. The maximum atomic E-state index is 13.6. The van der Waals surface area contributed by atoms with Crippen LogP contribution in [-0.2, 0) is 11.3 Å². The highest BCUT2D eigenvalue weighted by molar-refractivity contribution is 7.99. The summed E-state index contributed by atoms with van der Waals surface area (Å²) in [5, 5.41) is 22.3. The number of anilines is 1. The number of benzene rings is 1. The summed E-state index contributed by atoms with van der Waals surface area (Å²) in [5.41, 5.74) is -0.433. The number of rotatable bonds is 8. The highest BCUT2D eigenvalue weighted by Gasteiger charge is 2.29. The van der Waals surface area contributed by atoms with Crippen LogP contribution in [0.5, 0.6) is 5.75 Å². The van der Waals surface area contributed by atoms with Gasteiger partial charge in [0.2, 0.25) is 5.91 Å². The lowest BCUT2D eigenvalue weighted by molar-refractivity contribution is -0.133. The Hall–Kier alpha value is -3.79. The van der Waals surface area contributed by atoms with Crippen LogP contribution in [-0.4, -0.2) is 96.3 Å². The summed E-state index contributed by atoms with van der Waals surface area (Å²) in [4.78, 5) is 35.1. The molecule has 232 valence electrons. The number of aromatic nitrogens is 5. The second-order valence-corrected chi connectivity index (χ2v) is 12.0. The van der Waals surface area contributed by atoms with Crippen molar-refractivity contribution in [1.29, 1.82) is 0 Å². The minimum Gasteiger partial charge on any atom is -0.751 e. The molecule has 44 heavy (non-hydrogen) atoms. The van der Waals surface area contributed by atoms with E-state index >= 15 is 0 Å². The molecule has 2 aliphatic heterocycles. The topological polar surface area (TPSA) is 124 Å². The Balaban J connectivity index is 1.28. The van der Waals surface area contributed by atoms with Gasteiger partial charge in [0, 0.05) is 72.9 Å². The van der Waals surface area contributed by atoms with E-state index in [1.807, 2.05) is 11.8 Å². The smallest absolute Gasteiger partial charge is 0.387 e. The number of carbonyl (C=O) groups excluding carboxylic acids is 2. The van der Waals surface area contributed by atoms with E-state index in [0.717, 1.165) is 37.4 Å². The number of hydrogen-bond donors (Lipinski definition) is 0. The maximum Gasteiger partial charge on any atom is 0.387 e. The van der Waals surface area contributed by atoms with Gasteiger partial charge in [0.05, 0.1) is 11.9 Å². The maximum absolute atomic E-state index is 13.6. The van der Waals surface area contributed by atoms with Crippen molar-refractivity contribution in [2.45, 2.75) is 32.0 Å². The lowest BCUT2D eigenvalue weighted by Crippen LogP contribution is -2.49. The molecule has 6 rings (SSSR count). The first-order chi connectivity index (χ1) is 21.3. The fraction of sp³-hybridized carbons (Fsp3) is 0.393. The first kappa shape index (κ1) is 30.2. The molecule has 0 bridgehead atoms. The molecular weight excluding hydrogens is 618 g/mol. The Kier molecular flexibility index (Phi) is 8.98. The van der Waals surface area contributed by atoms with Crippen molar-refractivity contribution in [3.8, 4) is 17.0 Å². The van der Waals surface area contributed by atoms with Gasteiger partial charge in [0.1, 0.15) is 23.6 Å². The second kappa shape index (κ2) is 13.1. The zero-order valence-corrected chi connectivity index (χ0v) is 25.0. The van der Waals surface area contributed by atoms with Crippen LogP contribution < -0.4 is 9.80 Å². The van der Waals surface area contributed by atoms with Gasteiger partial charge in [0.15, 0.2) is 5.65 Å². The number of carbonyl (C=O) groups is 2. The molecular formula is C28H28ClF2N8O4S-. The molecule has 5 heterocycles. The largest absolute Gasteiger partial charge is 0.751 e. The summed E-state index contributed by atoms with van der Waals surface area (Å²) in [6.45, 7) is -0.129. The Morgan fingerprint density at radius 1 is 1.18 bits per heavy atom. The number of hydrogen-bond acceptors (Lipinski definition) is 9. The van der Waals surface area contributed by atoms with Crippen LogP contribution in [0.4, 0.5) is 14.5 Å². The predicted octanol–water partition coefficient (Wildman–Crippen LogP) is 4.03. The third kappa shape index (κ3) is 6.36. The number of halogens is 3. The van der Waals surface area contributed by atoms with E-state index in [9.17, 15) is 23.6 Å². The van der Waals surface area contributed by atoms with Crippen molar-refractivity contribution < 1.29 is 23.1 Å². The molecule has 2 saturated heterocycles. The van der Waals surface area contributed by atoms with Crippen molar-refractivity contribution in [2.75, 3.05) is 42.7 Å².